The highest BCUT2D eigenvalue weighted by Gasteiger charge is 2.03. The van der Waals surface area contributed by atoms with E-state index in [1.807, 2.05) is 6.92 Å². The predicted molar refractivity (Wildman–Crippen MR) is 35.5 cm³/mol. The second-order valence-electron chi connectivity index (χ2n) is 1.82. The number of phosphoric ester groups is 1. The van der Waals surface area contributed by atoms with Crippen LogP contribution in [0.4, 0.5) is 0 Å². The molecular weight excluding hydrogens is 155 g/mol. The smallest absolute Gasteiger partial charge is 0.267 e. The van der Waals surface area contributed by atoms with E-state index in [-0.39, 0.29) is 6.61 Å². The summed E-state index contributed by atoms with van der Waals surface area (Å²) in [5, 5.41) is 0. The van der Waals surface area contributed by atoms with E-state index in [1.165, 1.54) is 0 Å². The Hall–Kier alpha value is 0.110. The summed E-state index contributed by atoms with van der Waals surface area (Å²) in [5.41, 5.74) is 0. The largest absolute Gasteiger partial charge is 0.756 e. The normalized spacial score (nSPS) is 16.7. The molecule has 0 aromatic rings. The average molecular weight is 167 g/mol. The van der Waals surface area contributed by atoms with E-state index >= 15 is 0 Å². The predicted octanol–water partition coefficient (Wildman–Crippen LogP) is 0.918. The molecule has 0 radical (unpaired) electrons. The summed E-state index contributed by atoms with van der Waals surface area (Å²) in [4.78, 5) is 10.5. The zero-order chi connectivity index (χ0) is 8.04. The van der Waals surface area contributed by atoms with Crippen molar-refractivity contribution in [2.45, 2.75) is 19.8 Å². The number of hydrogen-bond acceptors (Lipinski definition) is 4. The Bertz CT molecular complexity index is 125. The third kappa shape index (κ3) is 4.94. The molecule has 0 aromatic carbocycles. The standard InChI is InChI=1S/C5H13O4P/c1-3-4-5-9-10(6,7)8-2/h3-5H2,1-2H3,(H,6,7)/p-1. The highest BCUT2D eigenvalue weighted by molar-refractivity contribution is 7.45. The minimum atomic E-state index is -3.95. The summed E-state index contributed by atoms with van der Waals surface area (Å²) in [7, 11) is -2.87. The molecule has 1 unspecified atom stereocenters. The molecule has 62 valence electrons. The summed E-state index contributed by atoms with van der Waals surface area (Å²) in [6.07, 6.45) is 1.64. The van der Waals surface area contributed by atoms with Crippen molar-refractivity contribution in [1.82, 2.24) is 0 Å². The van der Waals surface area contributed by atoms with E-state index in [0.29, 0.717) is 0 Å². The number of phosphoric acid groups is 1. The van der Waals surface area contributed by atoms with Crippen LogP contribution >= 0.6 is 7.82 Å². The Morgan fingerprint density at radius 3 is 2.60 bits per heavy atom. The van der Waals surface area contributed by atoms with Gasteiger partial charge in [-0.1, -0.05) is 13.3 Å². The van der Waals surface area contributed by atoms with Crippen LogP contribution in [0, 0.1) is 0 Å². The van der Waals surface area contributed by atoms with Crippen molar-refractivity contribution < 1.29 is 18.5 Å². The molecule has 0 aliphatic rings. The topological polar surface area (TPSA) is 58.6 Å². The zero-order valence-corrected chi connectivity index (χ0v) is 7.10. The van der Waals surface area contributed by atoms with Crippen LogP contribution in [0.25, 0.3) is 0 Å². The maximum absolute atomic E-state index is 10.5. The van der Waals surface area contributed by atoms with Gasteiger partial charge in [0.25, 0.3) is 7.82 Å². The van der Waals surface area contributed by atoms with Gasteiger partial charge in [-0.25, -0.2) is 0 Å². The van der Waals surface area contributed by atoms with Crippen LogP contribution in [0.15, 0.2) is 0 Å². The summed E-state index contributed by atoms with van der Waals surface area (Å²) >= 11 is 0. The quantitative estimate of drug-likeness (QED) is 0.451. The molecule has 0 bridgehead atoms. The van der Waals surface area contributed by atoms with Gasteiger partial charge in [0.2, 0.25) is 0 Å². The Labute approximate surface area is 60.8 Å². The minimum absolute atomic E-state index is 0.213. The Morgan fingerprint density at radius 2 is 2.20 bits per heavy atom. The van der Waals surface area contributed by atoms with E-state index in [4.69, 9.17) is 0 Å². The molecule has 0 aliphatic carbocycles. The molecule has 0 aliphatic heterocycles. The molecule has 0 saturated heterocycles. The van der Waals surface area contributed by atoms with Crippen molar-refractivity contribution in [2.75, 3.05) is 13.7 Å². The number of rotatable bonds is 5. The van der Waals surface area contributed by atoms with E-state index in [1.54, 1.807) is 0 Å². The highest BCUT2D eigenvalue weighted by atomic mass is 31.2. The molecule has 0 amide bonds. The first-order chi connectivity index (χ1) is 4.62. The van der Waals surface area contributed by atoms with Crippen molar-refractivity contribution >= 4 is 7.82 Å². The number of unbranched alkanes of at least 4 members (excludes halogenated alkanes) is 1. The van der Waals surface area contributed by atoms with Crippen molar-refractivity contribution in [3.63, 3.8) is 0 Å². The molecule has 0 fully saturated rings. The van der Waals surface area contributed by atoms with Crippen LogP contribution in [0.1, 0.15) is 19.8 Å². The molecule has 0 spiro atoms. The van der Waals surface area contributed by atoms with Crippen molar-refractivity contribution in [3.05, 3.63) is 0 Å². The summed E-state index contributed by atoms with van der Waals surface area (Å²) < 4.78 is 18.9. The lowest BCUT2D eigenvalue weighted by Gasteiger charge is -2.19. The van der Waals surface area contributed by atoms with Crippen molar-refractivity contribution in [3.8, 4) is 0 Å². The molecular formula is C5H12O4P-. The molecule has 0 saturated carbocycles. The molecule has 1 atom stereocenters. The maximum atomic E-state index is 10.5. The first-order valence-corrected chi connectivity index (χ1v) is 4.59. The molecule has 0 heterocycles. The van der Waals surface area contributed by atoms with Gasteiger partial charge in [0.1, 0.15) is 0 Å². The summed E-state index contributed by atoms with van der Waals surface area (Å²) in [6, 6.07) is 0. The Balaban J connectivity index is 3.38. The van der Waals surface area contributed by atoms with Crippen LogP contribution in [-0.4, -0.2) is 13.7 Å². The molecule has 0 rings (SSSR count). The molecule has 0 N–H and O–H groups in total. The SMILES string of the molecule is CCCCOP(=O)([O-])OC. The van der Waals surface area contributed by atoms with E-state index in [9.17, 15) is 9.46 Å². The lowest BCUT2D eigenvalue weighted by atomic mass is 10.4. The monoisotopic (exact) mass is 167 g/mol. The second-order valence-corrected chi connectivity index (χ2v) is 3.33. The lowest BCUT2D eigenvalue weighted by Crippen LogP contribution is -2.06. The van der Waals surface area contributed by atoms with Crippen molar-refractivity contribution in [2.24, 2.45) is 0 Å². The van der Waals surface area contributed by atoms with E-state index in [2.05, 4.69) is 9.05 Å². The van der Waals surface area contributed by atoms with Gasteiger partial charge in [-0.2, -0.15) is 0 Å². The van der Waals surface area contributed by atoms with Gasteiger partial charge >= 0.3 is 0 Å². The van der Waals surface area contributed by atoms with Gasteiger partial charge in [-0.15, -0.1) is 0 Å². The van der Waals surface area contributed by atoms with Gasteiger partial charge in [-0.3, -0.25) is 4.57 Å². The second kappa shape index (κ2) is 4.85. The van der Waals surface area contributed by atoms with Crippen LogP contribution < -0.4 is 4.89 Å². The van der Waals surface area contributed by atoms with Gasteiger partial charge in [0, 0.05) is 7.11 Å². The third-order valence-electron chi connectivity index (χ3n) is 0.971. The maximum Gasteiger partial charge on any atom is 0.267 e. The Morgan fingerprint density at radius 1 is 1.60 bits per heavy atom. The van der Waals surface area contributed by atoms with Gasteiger partial charge in [0.05, 0.1) is 6.61 Å². The molecule has 0 aromatic heterocycles. The molecule has 4 nitrogen and oxygen atoms in total. The fraction of sp³-hybridized carbons (Fsp3) is 1.00. The van der Waals surface area contributed by atoms with Crippen LogP contribution in [0.2, 0.25) is 0 Å². The molecule has 5 heteroatoms. The average Bonchev–Trinajstić information content (AvgIpc) is 1.89. The van der Waals surface area contributed by atoms with Crippen LogP contribution in [0.5, 0.6) is 0 Å². The van der Waals surface area contributed by atoms with E-state index in [0.717, 1.165) is 20.0 Å². The van der Waals surface area contributed by atoms with E-state index < -0.39 is 7.82 Å². The third-order valence-corrected chi connectivity index (χ3v) is 1.92. The minimum Gasteiger partial charge on any atom is -0.756 e. The van der Waals surface area contributed by atoms with Crippen LogP contribution in [-0.2, 0) is 13.6 Å². The number of hydrogen-bond donors (Lipinski definition) is 0. The summed E-state index contributed by atoms with van der Waals surface area (Å²) in [5.74, 6) is 0. The first kappa shape index (κ1) is 10.1. The van der Waals surface area contributed by atoms with Crippen LogP contribution in [0.3, 0.4) is 0 Å². The highest BCUT2D eigenvalue weighted by Crippen LogP contribution is 2.36. The fourth-order valence-corrected chi connectivity index (χ4v) is 0.832. The molecule has 10 heavy (non-hydrogen) atoms. The lowest BCUT2D eigenvalue weighted by molar-refractivity contribution is -0.223. The van der Waals surface area contributed by atoms with Crippen molar-refractivity contribution in [1.29, 1.82) is 0 Å². The van der Waals surface area contributed by atoms with Gasteiger partial charge in [0.15, 0.2) is 0 Å². The first-order valence-electron chi connectivity index (χ1n) is 3.13. The summed E-state index contributed by atoms with van der Waals surface area (Å²) in [6.45, 7) is 2.16. The Kier molecular flexibility index (Phi) is 4.91. The fourth-order valence-electron chi connectivity index (χ4n) is 0.373. The zero-order valence-electron chi connectivity index (χ0n) is 6.20. The van der Waals surface area contributed by atoms with Gasteiger partial charge in [-0.05, 0) is 6.42 Å². The van der Waals surface area contributed by atoms with Gasteiger partial charge < -0.3 is 13.9 Å².